The molecule has 0 atom stereocenters. The van der Waals surface area contributed by atoms with E-state index in [1.807, 2.05) is 0 Å². The molecule has 2 aliphatic carbocycles. The highest BCUT2D eigenvalue weighted by atomic mass is 79.9. The maximum Gasteiger partial charge on any atom is 0.0178 e. The second-order valence-electron chi connectivity index (χ2n) is 4.95. The molecule has 0 radical (unpaired) electrons. The molecular weight excluding hydrogens is 250 g/mol. The Balaban J connectivity index is 1.73. The first-order valence-corrected chi connectivity index (χ1v) is 6.57. The summed E-state index contributed by atoms with van der Waals surface area (Å²) in [6, 6.07) is 9.63. The van der Waals surface area contributed by atoms with Gasteiger partial charge in [-0.15, -0.1) is 0 Å². The monoisotopic (exact) mass is 265 g/mol. The lowest BCUT2D eigenvalue weighted by atomic mass is 9.96. The molecule has 0 aromatic heterocycles. The highest BCUT2D eigenvalue weighted by molar-refractivity contribution is 9.10. The van der Waals surface area contributed by atoms with Crippen molar-refractivity contribution >= 4 is 15.9 Å². The molecule has 0 bridgehead atoms. The van der Waals surface area contributed by atoms with E-state index in [1.54, 1.807) is 0 Å². The molecule has 1 aromatic rings. The molecule has 0 unspecified atom stereocenters. The van der Waals surface area contributed by atoms with E-state index >= 15 is 0 Å². The predicted octanol–water partition coefficient (Wildman–Crippen LogP) is 3.23. The van der Waals surface area contributed by atoms with Crippen molar-refractivity contribution in [1.82, 2.24) is 5.32 Å². The molecule has 1 nitrogen and oxygen atoms in total. The van der Waals surface area contributed by atoms with Gasteiger partial charge in [-0.1, -0.05) is 28.1 Å². The van der Waals surface area contributed by atoms with Crippen molar-refractivity contribution in [3.63, 3.8) is 0 Å². The maximum absolute atomic E-state index is 3.66. The summed E-state index contributed by atoms with van der Waals surface area (Å²) in [6.07, 6.45) is 5.47. The van der Waals surface area contributed by atoms with E-state index in [1.165, 1.54) is 42.3 Å². The standard InChI is InChI=1S/C13H16BrN/c14-11-3-1-2-10(8-11)13(6-7-13)9-15-12-4-5-12/h1-3,8,12,15H,4-7,9H2. The summed E-state index contributed by atoms with van der Waals surface area (Å²) in [4.78, 5) is 0. The van der Waals surface area contributed by atoms with Crippen molar-refractivity contribution < 1.29 is 0 Å². The van der Waals surface area contributed by atoms with E-state index in [0.717, 1.165) is 6.04 Å². The van der Waals surface area contributed by atoms with E-state index in [-0.39, 0.29) is 0 Å². The third kappa shape index (κ3) is 2.11. The zero-order valence-electron chi connectivity index (χ0n) is 8.80. The molecule has 1 aromatic carbocycles. The van der Waals surface area contributed by atoms with Crippen molar-refractivity contribution in [3.8, 4) is 0 Å². The van der Waals surface area contributed by atoms with Crippen molar-refractivity contribution in [2.24, 2.45) is 0 Å². The van der Waals surface area contributed by atoms with E-state index < -0.39 is 0 Å². The fraction of sp³-hybridized carbons (Fsp3) is 0.538. The van der Waals surface area contributed by atoms with E-state index in [2.05, 4.69) is 45.5 Å². The van der Waals surface area contributed by atoms with Gasteiger partial charge in [-0.05, 0) is 43.4 Å². The van der Waals surface area contributed by atoms with Crippen LogP contribution in [0.4, 0.5) is 0 Å². The molecular formula is C13H16BrN. The lowest BCUT2D eigenvalue weighted by Crippen LogP contribution is -2.28. The first kappa shape index (κ1) is 9.86. The smallest absolute Gasteiger partial charge is 0.0178 e. The fourth-order valence-corrected chi connectivity index (χ4v) is 2.56. The molecule has 0 heterocycles. The van der Waals surface area contributed by atoms with Gasteiger partial charge in [0.25, 0.3) is 0 Å². The maximum atomic E-state index is 3.66. The van der Waals surface area contributed by atoms with Gasteiger partial charge in [-0.25, -0.2) is 0 Å². The molecule has 0 aliphatic heterocycles. The average molecular weight is 266 g/mol. The average Bonchev–Trinajstić information content (AvgIpc) is 3.12. The van der Waals surface area contributed by atoms with Crippen LogP contribution in [0.3, 0.4) is 0 Å². The van der Waals surface area contributed by atoms with Crippen LogP contribution in [0.1, 0.15) is 31.2 Å². The molecule has 0 amide bonds. The summed E-state index contributed by atoms with van der Waals surface area (Å²) in [5, 5.41) is 3.66. The van der Waals surface area contributed by atoms with Gasteiger partial charge < -0.3 is 5.32 Å². The van der Waals surface area contributed by atoms with Gasteiger partial charge in [0.15, 0.2) is 0 Å². The summed E-state index contributed by atoms with van der Waals surface area (Å²) < 4.78 is 1.21. The molecule has 2 aliphatic rings. The van der Waals surface area contributed by atoms with Crippen LogP contribution in [0.15, 0.2) is 28.7 Å². The van der Waals surface area contributed by atoms with Gasteiger partial charge in [0.1, 0.15) is 0 Å². The van der Waals surface area contributed by atoms with Crippen LogP contribution in [0, 0.1) is 0 Å². The molecule has 2 heteroatoms. The van der Waals surface area contributed by atoms with Crippen LogP contribution < -0.4 is 5.32 Å². The highest BCUT2D eigenvalue weighted by Crippen LogP contribution is 2.48. The lowest BCUT2D eigenvalue weighted by Gasteiger charge is -2.16. The molecule has 1 N–H and O–H groups in total. The minimum atomic E-state index is 0.465. The summed E-state index contributed by atoms with van der Waals surface area (Å²) in [5.74, 6) is 0. The molecule has 3 rings (SSSR count). The molecule has 2 fully saturated rings. The largest absolute Gasteiger partial charge is 0.313 e. The fourth-order valence-electron chi connectivity index (χ4n) is 2.16. The Morgan fingerprint density at radius 3 is 2.73 bits per heavy atom. The Kier molecular flexibility index (Phi) is 2.37. The molecule has 80 valence electrons. The van der Waals surface area contributed by atoms with E-state index in [0.29, 0.717) is 5.41 Å². The Labute approximate surface area is 99.4 Å². The van der Waals surface area contributed by atoms with Crippen LogP contribution in [-0.2, 0) is 5.41 Å². The lowest BCUT2D eigenvalue weighted by molar-refractivity contribution is 0.571. The van der Waals surface area contributed by atoms with Gasteiger partial charge in [-0.2, -0.15) is 0 Å². The van der Waals surface area contributed by atoms with Gasteiger partial charge >= 0.3 is 0 Å². The van der Waals surface area contributed by atoms with Crippen LogP contribution in [0.5, 0.6) is 0 Å². The zero-order valence-corrected chi connectivity index (χ0v) is 10.4. The summed E-state index contributed by atoms with van der Waals surface area (Å²) in [7, 11) is 0. The summed E-state index contributed by atoms with van der Waals surface area (Å²) >= 11 is 3.55. The molecule has 2 saturated carbocycles. The zero-order chi connectivity index (χ0) is 10.3. The topological polar surface area (TPSA) is 12.0 Å². The minimum absolute atomic E-state index is 0.465. The van der Waals surface area contributed by atoms with Gasteiger partial charge in [0.2, 0.25) is 0 Å². The predicted molar refractivity (Wildman–Crippen MR) is 66.1 cm³/mol. The molecule has 15 heavy (non-hydrogen) atoms. The minimum Gasteiger partial charge on any atom is -0.313 e. The number of hydrogen-bond acceptors (Lipinski definition) is 1. The van der Waals surface area contributed by atoms with Crippen LogP contribution in [-0.4, -0.2) is 12.6 Å². The second kappa shape index (κ2) is 3.60. The summed E-state index contributed by atoms with van der Waals surface area (Å²) in [6.45, 7) is 1.17. The quantitative estimate of drug-likeness (QED) is 0.882. The van der Waals surface area contributed by atoms with Gasteiger partial charge in [0.05, 0.1) is 0 Å². The van der Waals surface area contributed by atoms with Crippen LogP contribution in [0.2, 0.25) is 0 Å². The third-order valence-corrected chi connectivity index (χ3v) is 4.09. The Hall–Kier alpha value is -0.340. The van der Waals surface area contributed by atoms with Gasteiger partial charge in [0, 0.05) is 22.5 Å². The Morgan fingerprint density at radius 1 is 1.33 bits per heavy atom. The first-order valence-electron chi connectivity index (χ1n) is 5.78. The number of benzene rings is 1. The number of nitrogens with one attached hydrogen (secondary N) is 1. The second-order valence-corrected chi connectivity index (χ2v) is 5.86. The van der Waals surface area contributed by atoms with E-state index in [9.17, 15) is 0 Å². The molecule has 0 saturated heterocycles. The first-order chi connectivity index (χ1) is 7.28. The normalized spacial score (nSPS) is 22.7. The van der Waals surface area contributed by atoms with Crippen molar-refractivity contribution in [3.05, 3.63) is 34.3 Å². The van der Waals surface area contributed by atoms with Gasteiger partial charge in [-0.3, -0.25) is 0 Å². The van der Waals surface area contributed by atoms with Crippen LogP contribution >= 0.6 is 15.9 Å². The number of halogens is 1. The Bertz CT molecular complexity index is 367. The molecule has 0 spiro atoms. The van der Waals surface area contributed by atoms with Crippen molar-refractivity contribution in [2.75, 3.05) is 6.54 Å². The highest BCUT2D eigenvalue weighted by Gasteiger charge is 2.44. The number of hydrogen-bond donors (Lipinski definition) is 1. The Morgan fingerprint density at radius 2 is 2.13 bits per heavy atom. The van der Waals surface area contributed by atoms with Crippen molar-refractivity contribution in [2.45, 2.75) is 37.1 Å². The van der Waals surface area contributed by atoms with Crippen molar-refractivity contribution in [1.29, 1.82) is 0 Å². The summed E-state index contributed by atoms with van der Waals surface area (Å²) in [5.41, 5.74) is 1.97. The van der Waals surface area contributed by atoms with Crippen LogP contribution in [0.25, 0.3) is 0 Å². The number of rotatable bonds is 4. The third-order valence-electron chi connectivity index (χ3n) is 3.60. The SMILES string of the molecule is Brc1cccc(C2(CNC3CC3)CC2)c1. The van der Waals surface area contributed by atoms with E-state index in [4.69, 9.17) is 0 Å².